The molecule has 0 heterocycles. The summed E-state index contributed by atoms with van der Waals surface area (Å²) in [6.45, 7) is 0.126. The molecule has 1 rings (SSSR count). The first-order chi connectivity index (χ1) is 6.07. The first-order valence-electron chi connectivity index (χ1n) is 3.60. The van der Waals surface area contributed by atoms with Gasteiger partial charge in [-0.3, -0.25) is 0 Å². The molecule has 13 heavy (non-hydrogen) atoms. The van der Waals surface area contributed by atoms with Crippen molar-refractivity contribution in [1.29, 1.82) is 0 Å². The van der Waals surface area contributed by atoms with Gasteiger partial charge in [-0.15, -0.1) is 0 Å². The molecule has 1 aromatic carbocycles. The molecule has 72 valence electrons. The predicted molar refractivity (Wildman–Crippen MR) is 64.7 cm³/mol. The maximum absolute atomic E-state index is 8.81. The molecule has 0 aromatic heterocycles. The molecule has 0 atom stereocenters. The van der Waals surface area contributed by atoms with E-state index < -0.39 is 0 Å². The quantitative estimate of drug-likeness (QED) is 0.618. The zero-order chi connectivity index (χ0) is 10.0. The van der Waals surface area contributed by atoms with Gasteiger partial charge in [0.15, 0.2) is 0 Å². The second kappa shape index (κ2) is 4.77. The second-order valence-corrected chi connectivity index (χ2v) is 4.97. The van der Waals surface area contributed by atoms with E-state index in [4.69, 9.17) is 10.8 Å². The number of rotatable bonds is 2. The molecule has 3 N–H and O–H groups in total. The zero-order valence-electron chi connectivity index (χ0n) is 6.65. The van der Waals surface area contributed by atoms with E-state index in [1.165, 1.54) is 0 Å². The number of hydrogen-bond acceptors (Lipinski definition) is 2. The molecule has 0 aliphatic carbocycles. The number of nitrogen functional groups attached to an aromatic ring is 1. The molecule has 5 heteroatoms. The van der Waals surface area contributed by atoms with E-state index in [0.717, 1.165) is 19.0 Å². The number of aliphatic hydroxyl groups is 1. The minimum Gasteiger partial charge on any atom is -0.397 e. The van der Waals surface area contributed by atoms with E-state index in [2.05, 4.69) is 47.8 Å². The normalized spacial score (nSPS) is 10.5. The lowest BCUT2D eigenvalue weighted by Gasteiger charge is -2.09. The van der Waals surface area contributed by atoms with Gasteiger partial charge < -0.3 is 10.8 Å². The number of aliphatic hydroxyl groups excluding tert-OH is 1. The summed E-state index contributed by atoms with van der Waals surface area (Å²) in [5, 5.41) is 8.81. The van der Waals surface area contributed by atoms with Crippen LogP contribution in [0.1, 0.15) is 5.56 Å². The molecule has 0 saturated heterocycles. The van der Waals surface area contributed by atoms with Gasteiger partial charge in [-0.2, -0.15) is 0 Å². The van der Waals surface area contributed by atoms with Crippen molar-refractivity contribution in [3.05, 3.63) is 25.0 Å². The summed E-state index contributed by atoms with van der Waals surface area (Å²) in [5.74, 6) is 0. The van der Waals surface area contributed by atoms with Gasteiger partial charge in [0.05, 0.1) is 10.2 Å². The average Bonchev–Trinajstić information content (AvgIpc) is 2.11. The summed E-state index contributed by atoms with van der Waals surface area (Å²) >= 11 is 10.1. The third-order valence-electron chi connectivity index (χ3n) is 1.65. The molecule has 2 nitrogen and oxygen atoms in total. The molecule has 0 radical (unpaired) electrons. The Balaban J connectivity index is 3.24. The van der Waals surface area contributed by atoms with Crippen LogP contribution in [-0.4, -0.2) is 11.7 Å². The third kappa shape index (κ3) is 2.46. The molecular formula is C8H8Br3NO. The van der Waals surface area contributed by atoms with Crippen molar-refractivity contribution in [3.8, 4) is 0 Å². The van der Waals surface area contributed by atoms with Crippen LogP contribution in [0.15, 0.2) is 19.5 Å². The molecule has 0 fully saturated rings. The van der Waals surface area contributed by atoms with Gasteiger partial charge in [0, 0.05) is 15.6 Å². The lowest BCUT2D eigenvalue weighted by molar-refractivity contribution is 0.299. The highest BCUT2D eigenvalue weighted by atomic mass is 79.9. The monoisotopic (exact) mass is 371 g/mol. The van der Waals surface area contributed by atoms with E-state index in [9.17, 15) is 0 Å². The van der Waals surface area contributed by atoms with Crippen LogP contribution in [0, 0.1) is 0 Å². The van der Waals surface area contributed by atoms with Crippen LogP contribution in [0.25, 0.3) is 0 Å². The standard InChI is InChI=1S/C8H8Br3NO/c9-5-3-4(1-2-13)6(10)7(11)8(5)12/h3,13H,1-2,12H2. The number of nitrogens with two attached hydrogens (primary N) is 1. The summed E-state index contributed by atoms with van der Waals surface area (Å²) in [4.78, 5) is 0. The number of halogens is 3. The van der Waals surface area contributed by atoms with Crippen molar-refractivity contribution in [2.75, 3.05) is 12.3 Å². The van der Waals surface area contributed by atoms with Crippen LogP contribution in [0.5, 0.6) is 0 Å². The molecule has 0 aliphatic heterocycles. The van der Waals surface area contributed by atoms with Crippen molar-refractivity contribution < 1.29 is 5.11 Å². The Bertz CT molecular complexity index is 328. The minimum absolute atomic E-state index is 0.126. The maximum Gasteiger partial charge on any atom is 0.0614 e. The lowest BCUT2D eigenvalue weighted by atomic mass is 10.1. The number of hydrogen-bond donors (Lipinski definition) is 2. The first-order valence-corrected chi connectivity index (χ1v) is 5.98. The van der Waals surface area contributed by atoms with Crippen LogP contribution in [0.4, 0.5) is 5.69 Å². The third-order valence-corrected chi connectivity index (χ3v) is 4.57. The van der Waals surface area contributed by atoms with Crippen molar-refractivity contribution in [3.63, 3.8) is 0 Å². The summed E-state index contributed by atoms with van der Waals surface area (Å²) in [6.07, 6.45) is 0.609. The fraction of sp³-hybridized carbons (Fsp3) is 0.250. The Labute approximate surface area is 102 Å². The fourth-order valence-corrected chi connectivity index (χ4v) is 2.70. The van der Waals surface area contributed by atoms with Crippen molar-refractivity contribution >= 4 is 53.5 Å². The Kier molecular flexibility index (Phi) is 4.22. The molecule has 0 spiro atoms. The molecule has 0 unspecified atom stereocenters. The van der Waals surface area contributed by atoms with E-state index in [1.807, 2.05) is 6.07 Å². The smallest absolute Gasteiger partial charge is 0.0614 e. The maximum atomic E-state index is 8.81. The highest BCUT2D eigenvalue weighted by molar-refractivity contribution is 9.13. The lowest BCUT2D eigenvalue weighted by Crippen LogP contribution is -1.97. The predicted octanol–water partition coefficient (Wildman–Crippen LogP) is 3.09. The van der Waals surface area contributed by atoms with Gasteiger partial charge in [0.2, 0.25) is 0 Å². The van der Waals surface area contributed by atoms with Crippen LogP contribution in [0.2, 0.25) is 0 Å². The van der Waals surface area contributed by atoms with Gasteiger partial charge in [0.25, 0.3) is 0 Å². The van der Waals surface area contributed by atoms with E-state index in [0.29, 0.717) is 12.1 Å². The van der Waals surface area contributed by atoms with Crippen molar-refractivity contribution in [2.45, 2.75) is 6.42 Å². The minimum atomic E-state index is 0.126. The van der Waals surface area contributed by atoms with Gasteiger partial charge in [-0.25, -0.2) is 0 Å². The van der Waals surface area contributed by atoms with Crippen LogP contribution >= 0.6 is 47.8 Å². The Morgan fingerprint density at radius 2 is 1.85 bits per heavy atom. The first kappa shape index (κ1) is 11.5. The van der Waals surface area contributed by atoms with Gasteiger partial charge >= 0.3 is 0 Å². The van der Waals surface area contributed by atoms with Crippen LogP contribution < -0.4 is 5.73 Å². The molecule has 0 amide bonds. The average molecular weight is 374 g/mol. The van der Waals surface area contributed by atoms with E-state index >= 15 is 0 Å². The Morgan fingerprint density at radius 3 is 2.38 bits per heavy atom. The van der Waals surface area contributed by atoms with Crippen molar-refractivity contribution in [2.24, 2.45) is 0 Å². The number of anilines is 1. The molecule has 0 bridgehead atoms. The van der Waals surface area contributed by atoms with E-state index in [-0.39, 0.29) is 6.61 Å². The topological polar surface area (TPSA) is 46.2 Å². The molecule has 0 saturated carbocycles. The van der Waals surface area contributed by atoms with Gasteiger partial charge in [-0.05, 0) is 65.8 Å². The van der Waals surface area contributed by atoms with Gasteiger partial charge in [-0.1, -0.05) is 0 Å². The Hall–Kier alpha value is 0.420. The molecule has 1 aromatic rings. The SMILES string of the molecule is Nc1c(Br)cc(CCO)c(Br)c1Br. The highest BCUT2D eigenvalue weighted by Crippen LogP contribution is 2.37. The van der Waals surface area contributed by atoms with Gasteiger partial charge in [0.1, 0.15) is 0 Å². The molecular weight excluding hydrogens is 366 g/mol. The number of benzene rings is 1. The second-order valence-electron chi connectivity index (χ2n) is 2.53. The highest BCUT2D eigenvalue weighted by Gasteiger charge is 2.10. The summed E-state index contributed by atoms with van der Waals surface area (Å²) in [5.41, 5.74) is 7.45. The summed E-state index contributed by atoms with van der Waals surface area (Å²) < 4.78 is 2.57. The largest absolute Gasteiger partial charge is 0.397 e. The Morgan fingerprint density at radius 1 is 1.23 bits per heavy atom. The van der Waals surface area contributed by atoms with Crippen molar-refractivity contribution in [1.82, 2.24) is 0 Å². The van der Waals surface area contributed by atoms with Crippen LogP contribution in [-0.2, 0) is 6.42 Å². The zero-order valence-corrected chi connectivity index (χ0v) is 11.4. The van der Waals surface area contributed by atoms with Crippen LogP contribution in [0.3, 0.4) is 0 Å². The fourth-order valence-electron chi connectivity index (χ4n) is 0.960. The van der Waals surface area contributed by atoms with E-state index in [1.54, 1.807) is 0 Å². The molecule has 0 aliphatic rings. The summed E-state index contributed by atoms with van der Waals surface area (Å²) in [7, 11) is 0. The summed E-state index contributed by atoms with van der Waals surface area (Å²) in [6, 6.07) is 1.90.